The Balaban J connectivity index is 1.62. The van der Waals surface area contributed by atoms with Gasteiger partial charge in [0, 0.05) is 39.1 Å². The number of aromatic nitrogens is 3. The summed E-state index contributed by atoms with van der Waals surface area (Å²) in [5.74, 6) is 0.959. The molecule has 1 amide bonds. The van der Waals surface area contributed by atoms with Crippen molar-refractivity contribution in [3.8, 4) is 0 Å². The second kappa shape index (κ2) is 5.78. The van der Waals surface area contributed by atoms with E-state index < -0.39 is 5.60 Å². The molecule has 20 heavy (non-hydrogen) atoms. The average molecular weight is 281 g/mol. The number of carbonyl (C=O) groups excluding carboxylic acids is 1. The summed E-state index contributed by atoms with van der Waals surface area (Å²) in [6.45, 7) is 7.87. The maximum Gasteiger partial charge on any atom is 0.410 e. The topological polar surface area (TPSA) is 72.3 Å². The van der Waals surface area contributed by atoms with Gasteiger partial charge in [-0.3, -0.25) is 0 Å². The van der Waals surface area contributed by atoms with Crippen LogP contribution < -0.4 is 5.32 Å². The lowest BCUT2D eigenvalue weighted by molar-refractivity contribution is 0.00540. The van der Waals surface area contributed by atoms with Crippen LogP contribution in [0.25, 0.3) is 0 Å². The minimum absolute atomic E-state index is 0.233. The minimum atomic E-state index is -0.430. The van der Waals surface area contributed by atoms with E-state index in [4.69, 9.17) is 4.74 Å². The predicted octanol–water partition coefficient (Wildman–Crippen LogP) is 0.566. The maximum atomic E-state index is 11.7. The standard InChI is InChI=1S/C13H23N5O2/c1-13(2,3)20-12(19)18-7-10(8-18)14-6-5-11-16-15-9-17(11)4/h9-10,14H,5-8H2,1-4H3. The average Bonchev–Trinajstić information content (AvgIpc) is 2.64. The molecule has 112 valence electrons. The van der Waals surface area contributed by atoms with Crippen LogP contribution in [0.1, 0.15) is 26.6 Å². The molecule has 7 heteroatoms. The van der Waals surface area contributed by atoms with Crippen LogP contribution in [0.3, 0.4) is 0 Å². The van der Waals surface area contributed by atoms with Crippen molar-refractivity contribution in [2.24, 2.45) is 7.05 Å². The number of ether oxygens (including phenoxy) is 1. The molecule has 1 aromatic rings. The van der Waals surface area contributed by atoms with Gasteiger partial charge >= 0.3 is 6.09 Å². The molecule has 1 fully saturated rings. The van der Waals surface area contributed by atoms with Gasteiger partial charge < -0.3 is 19.5 Å². The summed E-state index contributed by atoms with van der Waals surface area (Å²) in [6.07, 6.45) is 2.30. The summed E-state index contributed by atoms with van der Waals surface area (Å²) in [5, 5.41) is 11.3. The van der Waals surface area contributed by atoms with E-state index in [2.05, 4.69) is 15.5 Å². The van der Waals surface area contributed by atoms with E-state index in [0.717, 1.165) is 18.8 Å². The van der Waals surface area contributed by atoms with Crippen LogP contribution in [-0.4, -0.2) is 57.0 Å². The number of nitrogens with zero attached hydrogens (tertiary/aromatic N) is 4. The number of nitrogens with one attached hydrogen (secondary N) is 1. The van der Waals surface area contributed by atoms with Gasteiger partial charge in [0.05, 0.1) is 0 Å². The molecule has 1 aromatic heterocycles. The monoisotopic (exact) mass is 281 g/mol. The second-order valence-corrected chi connectivity index (χ2v) is 6.14. The van der Waals surface area contributed by atoms with Gasteiger partial charge in [-0.2, -0.15) is 0 Å². The fourth-order valence-corrected chi connectivity index (χ4v) is 2.00. The van der Waals surface area contributed by atoms with Crippen LogP contribution >= 0.6 is 0 Å². The van der Waals surface area contributed by atoms with E-state index >= 15 is 0 Å². The molecule has 0 bridgehead atoms. The number of hydrogen-bond acceptors (Lipinski definition) is 5. The van der Waals surface area contributed by atoms with Crippen LogP contribution in [0.15, 0.2) is 6.33 Å². The van der Waals surface area contributed by atoms with Crippen molar-refractivity contribution in [2.75, 3.05) is 19.6 Å². The molecule has 0 radical (unpaired) electrons. The summed E-state index contributed by atoms with van der Waals surface area (Å²) in [4.78, 5) is 13.5. The van der Waals surface area contributed by atoms with Gasteiger partial charge in [-0.05, 0) is 20.8 Å². The molecule has 0 aliphatic carbocycles. The van der Waals surface area contributed by atoms with Gasteiger partial charge in [-0.25, -0.2) is 4.79 Å². The van der Waals surface area contributed by atoms with Gasteiger partial charge in [0.25, 0.3) is 0 Å². The first-order valence-corrected chi connectivity index (χ1v) is 6.89. The van der Waals surface area contributed by atoms with E-state index in [1.165, 1.54) is 0 Å². The Morgan fingerprint density at radius 1 is 1.50 bits per heavy atom. The molecule has 0 spiro atoms. The first-order chi connectivity index (χ1) is 9.35. The normalized spacial score (nSPS) is 16.1. The van der Waals surface area contributed by atoms with Crippen LogP contribution in [-0.2, 0) is 18.2 Å². The van der Waals surface area contributed by atoms with Gasteiger partial charge in [0.15, 0.2) is 0 Å². The lowest BCUT2D eigenvalue weighted by atomic mass is 10.1. The van der Waals surface area contributed by atoms with Crippen molar-refractivity contribution < 1.29 is 9.53 Å². The molecule has 2 rings (SSSR count). The highest BCUT2D eigenvalue weighted by molar-refractivity contribution is 5.69. The Hall–Kier alpha value is -1.63. The molecule has 1 saturated heterocycles. The molecule has 0 aromatic carbocycles. The first kappa shape index (κ1) is 14.8. The lowest BCUT2D eigenvalue weighted by Crippen LogP contribution is -2.60. The molecule has 1 N–H and O–H groups in total. The van der Waals surface area contributed by atoms with Crippen molar-refractivity contribution in [3.05, 3.63) is 12.2 Å². The predicted molar refractivity (Wildman–Crippen MR) is 74.3 cm³/mol. The number of rotatable bonds is 4. The third kappa shape index (κ3) is 3.93. The van der Waals surface area contributed by atoms with E-state index in [1.54, 1.807) is 11.2 Å². The van der Waals surface area contributed by atoms with Crippen LogP contribution in [0.2, 0.25) is 0 Å². The summed E-state index contributed by atoms with van der Waals surface area (Å²) < 4.78 is 7.22. The maximum absolute atomic E-state index is 11.7. The third-order valence-corrected chi connectivity index (χ3v) is 3.12. The Morgan fingerprint density at radius 2 is 2.20 bits per heavy atom. The zero-order chi connectivity index (χ0) is 14.8. The third-order valence-electron chi connectivity index (χ3n) is 3.12. The van der Waals surface area contributed by atoms with Crippen molar-refractivity contribution in [1.29, 1.82) is 0 Å². The molecule has 0 unspecified atom stereocenters. The molecule has 0 saturated carbocycles. The van der Waals surface area contributed by atoms with E-state index in [0.29, 0.717) is 19.1 Å². The van der Waals surface area contributed by atoms with Crippen LogP contribution in [0.5, 0.6) is 0 Å². The Morgan fingerprint density at radius 3 is 2.75 bits per heavy atom. The molecule has 2 heterocycles. The van der Waals surface area contributed by atoms with Gasteiger partial charge in [0.1, 0.15) is 17.8 Å². The van der Waals surface area contributed by atoms with E-state index in [-0.39, 0.29) is 6.09 Å². The minimum Gasteiger partial charge on any atom is -0.444 e. The molecule has 1 aliphatic heterocycles. The summed E-state index contributed by atoms with van der Waals surface area (Å²) in [6, 6.07) is 0.343. The highest BCUT2D eigenvalue weighted by Crippen LogP contribution is 2.15. The fraction of sp³-hybridized carbons (Fsp3) is 0.769. The number of aryl methyl sites for hydroxylation is 1. The molecular formula is C13H23N5O2. The number of likely N-dealkylation sites (tertiary alicyclic amines) is 1. The zero-order valence-electron chi connectivity index (χ0n) is 12.6. The molecule has 1 aliphatic rings. The summed E-state index contributed by atoms with van der Waals surface area (Å²) in [5.41, 5.74) is -0.430. The fourth-order valence-electron chi connectivity index (χ4n) is 2.00. The van der Waals surface area contributed by atoms with E-state index in [1.807, 2.05) is 32.4 Å². The molecule has 0 atom stereocenters. The van der Waals surface area contributed by atoms with E-state index in [9.17, 15) is 4.79 Å². The van der Waals surface area contributed by atoms with Crippen molar-refractivity contribution in [3.63, 3.8) is 0 Å². The SMILES string of the molecule is Cn1cnnc1CCNC1CN(C(=O)OC(C)(C)C)C1. The number of carbonyl (C=O) groups is 1. The zero-order valence-corrected chi connectivity index (χ0v) is 12.6. The largest absolute Gasteiger partial charge is 0.444 e. The number of amides is 1. The Kier molecular flexibility index (Phi) is 4.27. The first-order valence-electron chi connectivity index (χ1n) is 6.89. The van der Waals surface area contributed by atoms with Gasteiger partial charge in [-0.15, -0.1) is 10.2 Å². The van der Waals surface area contributed by atoms with Crippen LogP contribution in [0.4, 0.5) is 4.79 Å². The van der Waals surface area contributed by atoms with Crippen molar-refractivity contribution >= 4 is 6.09 Å². The van der Waals surface area contributed by atoms with Gasteiger partial charge in [-0.1, -0.05) is 0 Å². The molecule has 7 nitrogen and oxygen atoms in total. The Bertz CT molecular complexity index is 460. The Labute approximate surface area is 119 Å². The summed E-state index contributed by atoms with van der Waals surface area (Å²) in [7, 11) is 1.93. The molecular weight excluding hydrogens is 258 g/mol. The quantitative estimate of drug-likeness (QED) is 0.873. The van der Waals surface area contributed by atoms with Gasteiger partial charge in [0.2, 0.25) is 0 Å². The lowest BCUT2D eigenvalue weighted by Gasteiger charge is -2.40. The van der Waals surface area contributed by atoms with Crippen molar-refractivity contribution in [2.45, 2.75) is 38.8 Å². The second-order valence-electron chi connectivity index (χ2n) is 6.14. The highest BCUT2D eigenvalue weighted by atomic mass is 16.6. The smallest absolute Gasteiger partial charge is 0.410 e. The highest BCUT2D eigenvalue weighted by Gasteiger charge is 2.33. The van der Waals surface area contributed by atoms with Crippen molar-refractivity contribution in [1.82, 2.24) is 25.0 Å². The number of hydrogen-bond donors (Lipinski definition) is 1. The summed E-state index contributed by atoms with van der Waals surface area (Å²) >= 11 is 0. The van der Waals surface area contributed by atoms with Crippen LogP contribution in [0, 0.1) is 0 Å².